The van der Waals surface area contributed by atoms with Crippen molar-refractivity contribution in [3.63, 3.8) is 0 Å². The molecule has 0 aliphatic carbocycles. The number of benzene rings is 2. The number of allylic oxidation sites excluding steroid dienone is 1. The van der Waals surface area contributed by atoms with Crippen LogP contribution in [0.15, 0.2) is 35.9 Å². The third kappa shape index (κ3) is 5.93. The van der Waals surface area contributed by atoms with Gasteiger partial charge in [-0.05, 0) is 88.6 Å². The summed E-state index contributed by atoms with van der Waals surface area (Å²) in [6.45, 7) is 14.7. The molecule has 4 heteroatoms. The first-order chi connectivity index (χ1) is 15.2. The van der Waals surface area contributed by atoms with Crippen LogP contribution in [0.5, 0.6) is 11.5 Å². The van der Waals surface area contributed by atoms with Gasteiger partial charge in [0.1, 0.15) is 17.1 Å². The van der Waals surface area contributed by atoms with E-state index >= 15 is 0 Å². The van der Waals surface area contributed by atoms with E-state index in [1.807, 2.05) is 20.8 Å². The van der Waals surface area contributed by atoms with Crippen LogP contribution < -0.4 is 4.74 Å². The molecular weight excluding hydrogens is 400 g/mol. The Morgan fingerprint density at radius 2 is 1.75 bits per heavy atom. The van der Waals surface area contributed by atoms with Gasteiger partial charge in [0, 0.05) is 5.56 Å². The highest BCUT2D eigenvalue weighted by Crippen LogP contribution is 2.43. The Labute approximate surface area is 193 Å². The number of ether oxygens (including phenoxy) is 3. The fourth-order valence-corrected chi connectivity index (χ4v) is 4.21. The lowest BCUT2D eigenvalue weighted by Crippen LogP contribution is -2.41. The van der Waals surface area contributed by atoms with E-state index in [2.05, 4.69) is 51.1 Å². The lowest BCUT2D eigenvalue weighted by Gasteiger charge is -2.37. The molecule has 0 bridgehead atoms. The fraction of sp³-hybridized carbons (Fsp3) is 0.500. The maximum Gasteiger partial charge on any atom is 0.130 e. The molecule has 174 valence electrons. The first kappa shape index (κ1) is 24.3. The summed E-state index contributed by atoms with van der Waals surface area (Å²) in [4.78, 5) is 0. The maximum atomic E-state index is 10.4. The van der Waals surface area contributed by atoms with Gasteiger partial charge in [-0.15, -0.1) is 0 Å². The van der Waals surface area contributed by atoms with Gasteiger partial charge in [0.25, 0.3) is 0 Å². The summed E-state index contributed by atoms with van der Waals surface area (Å²) in [6.07, 6.45) is 4.89. The lowest BCUT2D eigenvalue weighted by atomic mass is 9.87. The van der Waals surface area contributed by atoms with E-state index in [4.69, 9.17) is 14.2 Å². The molecule has 1 heterocycles. The van der Waals surface area contributed by atoms with Crippen molar-refractivity contribution in [3.05, 3.63) is 69.3 Å². The van der Waals surface area contributed by atoms with Crippen molar-refractivity contribution in [3.8, 4) is 11.5 Å². The van der Waals surface area contributed by atoms with Crippen LogP contribution in [-0.2, 0) is 29.1 Å². The monoisotopic (exact) mass is 438 g/mol. The van der Waals surface area contributed by atoms with Gasteiger partial charge >= 0.3 is 0 Å². The molecular formula is C28H38O4. The van der Waals surface area contributed by atoms with E-state index in [1.165, 1.54) is 11.1 Å². The quantitative estimate of drug-likeness (QED) is 0.359. The molecule has 0 saturated carbocycles. The molecule has 0 aromatic heterocycles. The predicted molar refractivity (Wildman–Crippen MR) is 129 cm³/mol. The summed E-state index contributed by atoms with van der Waals surface area (Å²) in [5.74, 6) is 1.31. The van der Waals surface area contributed by atoms with Crippen molar-refractivity contribution in [1.82, 2.24) is 0 Å². The smallest absolute Gasteiger partial charge is 0.130 e. The van der Waals surface area contributed by atoms with Crippen molar-refractivity contribution in [1.29, 1.82) is 0 Å². The highest BCUT2D eigenvalue weighted by atomic mass is 16.5. The molecule has 0 spiro atoms. The largest absolute Gasteiger partial charge is 0.507 e. The second-order valence-corrected chi connectivity index (χ2v) is 9.52. The Hall–Kier alpha value is -2.30. The summed E-state index contributed by atoms with van der Waals surface area (Å²) in [5, 5.41) is 10.4. The van der Waals surface area contributed by atoms with Gasteiger partial charge in [0.15, 0.2) is 0 Å². The van der Waals surface area contributed by atoms with Crippen molar-refractivity contribution in [2.75, 3.05) is 13.2 Å². The molecule has 0 radical (unpaired) electrons. The van der Waals surface area contributed by atoms with Crippen LogP contribution in [0, 0.1) is 20.8 Å². The van der Waals surface area contributed by atoms with Crippen LogP contribution >= 0.6 is 0 Å². The molecule has 1 aliphatic rings. The Balaban J connectivity index is 1.54. The summed E-state index contributed by atoms with van der Waals surface area (Å²) in [7, 11) is 0. The number of rotatable bonds is 9. The molecule has 0 amide bonds. The summed E-state index contributed by atoms with van der Waals surface area (Å²) >= 11 is 0. The van der Waals surface area contributed by atoms with Crippen LogP contribution in [0.1, 0.15) is 67.0 Å². The minimum absolute atomic E-state index is 0.376. The third-order valence-corrected chi connectivity index (χ3v) is 6.34. The number of hydrogen-bond acceptors (Lipinski definition) is 4. The second kappa shape index (κ2) is 10.5. The van der Waals surface area contributed by atoms with Crippen molar-refractivity contribution >= 4 is 0 Å². The summed E-state index contributed by atoms with van der Waals surface area (Å²) < 4.78 is 18.4. The highest BCUT2D eigenvalue weighted by Gasteiger charge is 2.34. The van der Waals surface area contributed by atoms with Crippen LogP contribution in [0.25, 0.3) is 0 Å². The van der Waals surface area contributed by atoms with Gasteiger partial charge in [-0.25, -0.2) is 0 Å². The van der Waals surface area contributed by atoms with Gasteiger partial charge in [0.2, 0.25) is 0 Å². The first-order valence-electron chi connectivity index (χ1n) is 11.6. The Bertz CT molecular complexity index is 972. The Morgan fingerprint density at radius 3 is 2.44 bits per heavy atom. The highest BCUT2D eigenvalue weighted by molar-refractivity contribution is 5.58. The van der Waals surface area contributed by atoms with E-state index in [1.54, 1.807) is 0 Å². The molecule has 2 aromatic rings. The first-order valence-corrected chi connectivity index (χ1v) is 11.6. The molecule has 32 heavy (non-hydrogen) atoms. The molecule has 3 rings (SSSR count). The van der Waals surface area contributed by atoms with Crippen LogP contribution in [0.4, 0.5) is 0 Å². The number of hydrogen-bond donors (Lipinski definition) is 1. The van der Waals surface area contributed by atoms with Crippen LogP contribution in [-0.4, -0.2) is 23.9 Å². The number of phenols is 1. The zero-order chi connectivity index (χ0) is 23.3. The van der Waals surface area contributed by atoms with Crippen molar-refractivity contribution in [2.24, 2.45) is 0 Å². The SMILES string of the molecule is CC(C)=CCCOCc1cccc(COCC2(C)CCc3c(C)c(O)c(C)c(C)c3O2)c1. The van der Waals surface area contributed by atoms with Crippen LogP contribution in [0.3, 0.4) is 0 Å². The van der Waals surface area contributed by atoms with Crippen molar-refractivity contribution in [2.45, 2.75) is 79.6 Å². The second-order valence-electron chi connectivity index (χ2n) is 9.52. The zero-order valence-corrected chi connectivity index (χ0v) is 20.5. The average molecular weight is 439 g/mol. The van der Waals surface area contributed by atoms with Gasteiger partial charge < -0.3 is 19.3 Å². The number of phenolic OH excluding ortho intramolecular Hbond substituents is 1. The van der Waals surface area contributed by atoms with Crippen LogP contribution in [0.2, 0.25) is 0 Å². The molecule has 2 aromatic carbocycles. The standard InChI is InChI=1S/C28H38O4/c1-19(2)9-8-14-30-16-23-10-7-11-24(15-23)17-31-18-28(6)13-12-25-22(5)26(29)20(3)21(4)27(25)32-28/h7,9-11,15,29H,8,12-14,16-18H2,1-6H3. The summed E-state index contributed by atoms with van der Waals surface area (Å²) in [5.41, 5.74) is 7.23. The molecule has 1 aliphatic heterocycles. The average Bonchev–Trinajstić information content (AvgIpc) is 2.76. The molecule has 0 fully saturated rings. The fourth-order valence-electron chi connectivity index (χ4n) is 4.21. The van der Waals surface area contributed by atoms with E-state index in [9.17, 15) is 5.11 Å². The minimum Gasteiger partial charge on any atom is -0.507 e. The molecule has 4 nitrogen and oxygen atoms in total. The summed E-state index contributed by atoms with van der Waals surface area (Å²) in [6, 6.07) is 8.39. The van der Waals surface area contributed by atoms with Gasteiger partial charge in [-0.2, -0.15) is 0 Å². The number of aromatic hydroxyl groups is 1. The van der Waals surface area contributed by atoms with Gasteiger partial charge in [-0.1, -0.05) is 35.9 Å². The molecule has 1 atom stereocenters. The minimum atomic E-state index is -0.376. The van der Waals surface area contributed by atoms with Gasteiger partial charge in [0.05, 0.1) is 26.4 Å². The Kier molecular flexibility index (Phi) is 8.02. The maximum absolute atomic E-state index is 10.4. The van der Waals surface area contributed by atoms with Gasteiger partial charge in [-0.3, -0.25) is 0 Å². The van der Waals surface area contributed by atoms with E-state index in [0.717, 1.165) is 59.4 Å². The topological polar surface area (TPSA) is 47.9 Å². The Morgan fingerprint density at radius 1 is 1.06 bits per heavy atom. The zero-order valence-electron chi connectivity index (χ0n) is 20.5. The molecule has 1 unspecified atom stereocenters. The third-order valence-electron chi connectivity index (χ3n) is 6.34. The lowest BCUT2D eigenvalue weighted by molar-refractivity contribution is -0.0341. The van der Waals surface area contributed by atoms with E-state index in [-0.39, 0.29) is 5.60 Å². The van der Waals surface area contributed by atoms with Crippen molar-refractivity contribution < 1.29 is 19.3 Å². The van der Waals surface area contributed by atoms with E-state index in [0.29, 0.717) is 25.6 Å². The molecule has 1 N–H and O–H groups in total. The normalized spacial score (nSPS) is 17.6. The number of fused-ring (bicyclic) bond motifs is 1. The molecule has 0 saturated heterocycles. The van der Waals surface area contributed by atoms with E-state index < -0.39 is 0 Å². The predicted octanol–water partition coefficient (Wildman–Crippen LogP) is 6.49.